The molecule has 0 aromatic heterocycles. The van der Waals surface area contributed by atoms with Crippen molar-refractivity contribution in [3.8, 4) is 5.75 Å². The van der Waals surface area contributed by atoms with Crippen molar-refractivity contribution in [2.24, 2.45) is 0 Å². The summed E-state index contributed by atoms with van der Waals surface area (Å²) in [6, 6.07) is 4.60. The Hall–Kier alpha value is -2.50. The number of carbonyl (C=O) groups is 2. The molecule has 1 aromatic rings. The number of phenols is 1. The molecule has 0 aliphatic rings. The van der Waals surface area contributed by atoms with E-state index in [0.29, 0.717) is 24.2 Å². The predicted octanol–water partition coefficient (Wildman–Crippen LogP) is 3.02. The number of phenolic OH excluding ortho intramolecular Hbond substituents is 1. The number of rotatable bonds is 7. The van der Waals surface area contributed by atoms with E-state index in [-0.39, 0.29) is 11.8 Å². The summed E-state index contributed by atoms with van der Waals surface area (Å²) in [4.78, 5) is 22.2. The first-order valence-electron chi connectivity index (χ1n) is 7.14. The molecule has 120 valence electrons. The van der Waals surface area contributed by atoms with E-state index < -0.39 is 5.97 Å². The minimum Gasteiger partial charge on any atom is -0.508 e. The van der Waals surface area contributed by atoms with E-state index >= 15 is 0 Å². The Morgan fingerprint density at radius 3 is 2.64 bits per heavy atom. The molecule has 0 aliphatic heterocycles. The van der Waals surface area contributed by atoms with Gasteiger partial charge in [0, 0.05) is 23.9 Å². The number of carboxylic acid groups (broad SMARTS) is 1. The van der Waals surface area contributed by atoms with Gasteiger partial charge in [-0.1, -0.05) is 12.1 Å². The number of benzene rings is 1. The highest BCUT2D eigenvalue weighted by Crippen LogP contribution is 2.20. The van der Waals surface area contributed by atoms with Gasteiger partial charge in [0.2, 0.25) is 0 Å². The molecule has 0 aliphatic carbocycles. The number of nitrogens with one attached hydrogen (secondary N) is 2. The molecule has 1 rings (SSSR count). The Labute approximate surface area is 129 Å². The number of carbonyl (C=O) groups excluding carboxylic acids is 1. The quantitative estimate of drug-likeness (QED) is 0.459. The van der Waals surface area contributed by atoms with Crippen molar-refractivity contribution in [2.75, 3.05) is 11.9 Å². The van der Waals surface area contributed by atoms with Crippen LogP contribution in [0.1, 0.15) is 31.7 Å². The van der Waals surface area contributed by atoms with Crippen LogP contribution in [0.5, 0.6) is 5.75 Å². The summed E-state index contributed by atoms with van der Waals surface area (Å²) in [5, 5.41) is 23.6. The predicted molar refractivity (Wildman–Crippen MR) is 85.1 cm³/mol. The number of aliphatic carboxylic acids is 1. The number of allylic oxidation sites excluding steroid dienone is 1. The van der Waals surface area contributed by atoms with Gasteiger partial charge in [0.1, 0.15) is 5.75 Å². The second-order valence-corrected chi connectivity index (χ2v) is 5.07. The number of hydrogen-bond donors (Lipinski definition) is 4. The first-order chi connectivity index (χ1) is 10.4. The number of urea groups is 1. The van der Waals surface area contributed by atoms with Crippen molar-refractivity contribution in [3.05, 3.63) is 35.4 Å². The molecular weight excluding hydrogens is 284 g/mol. The number of aryl methyl sites for hydroxylation is 1. The van der Waals surface area contributed by atoms with Crippen molar-refractivity contribution < 1.29 is 19.8 Å². The molecule has 0 saturated heterocycles. The van der Waals surface area contributed by atoms with Crippen molar-refractivity contribution in [1.82, 2.24) is 5.32 Å². The van der Waals surface area contributed by atoms with Gasteiger partial charge in [-0.05, 0) is 44.7 Å². The van der Waals surface area contributed by atoms with Crippen molar-refractivity contribution in [3.63, 3.8) is 0 Å². The number of amides is 2. The third-order valence-electron chi connectivity index (χ3n) is 3.17. The molecule has 0 heterocycles. The van der Waals surface area contributed by atoms with Crippen LogP contribution in [-0.4, -0.2) is 28.8 Å². The van der Waals surface area contributed by atoms with E-state index in [1.165, 1.54) is 6.07 Å². The Kier molecular flexibility index (Phi) is 6.95. The molecule has 6 heteroatoms. The molecular formula is C16H22N2O4. The maximum atomic E-state index is 11.6. The summed E-state index contributed by atoms with van der Waals surface area (Å²) in [6.07, 6.45) is 3.91. The smallest absolute Gasteiger partial charge is 0.330 e. The Balaban J connectivity index is 2.22. The molecule has 22 heavy (non-hydrogen) atoms. The Morgan fingerprint density at radius 1 is 1.27 bits per heavy atom. The highest BCUT2D eigenvalue weighted by atomic mass is 16.4. The highest BCUT2D eigenvalue weighted by Gasteiger charge is 2.03. The third-order valence-corrected chi connectivity index (χ3v) is 3.17. The van der Waals surface area contributed by atoms with Crippen LogP contribution in [0.2, 0.25) is 0 Å². The van der Waals surface area contributed by atoms with Gasteiger partial charge in [-0.25, -0.2) is 9.59 Å². The van der Waals surface area contributed by atoms with Gasteiger partial charge in [0.25, 0.3) is 0 Å². The van der Waals surface area contributed by atoms with Gasteiger partial charge < -0.3 is 20.8 Å². The van der Waals surface area contributed by atoms with Crippen LogP contribution in [0.25, 0.3) is 0 Å². The van der Waals surface area contributed by atoms with Crippen LogP contribution in [0, 0.1) is 6.92 Å². The van der Waals surface area contributed by atoms with Gasteiger partial charge in [-0.2, -0.15) is 0 Å². The zero-order valence-corrected chi connectivity index (χ0v) is 12.8. The molecule has 0 saturated carbocycles. The molecule has 1 aromatic carbocycles. The molecule has 6 nitrogen and oxygen atoms in total. The summed E-state index contributed by atoms with van der Waals surface area (Å²) in [5.74, 6) is -0.766. The molecule has 4 N–H and O–H groups in total. The Morgan fingerprint density at radius 2 is 2.00 bits per heavy atom. The molecule has 0 spiro atoms. The van der Waals surface area contributed by atoms with Crippen LogP contribution in [0.3, 0.4) is 0 Å². The van der Waals surface area contributed by atoms with E-state index in [2.05, 4.69) is 10.6 Å². The average Bonchev–Trinajstić information content (AvgIpc) is 2.46. The molecule has 0 fully saturated rings. The summed E-state index contributed by atoms with van der Waals surface area (Å²) < 4.78 is 0. The van der Waals surface area contributed by atoms with Crippen molar-refractivity contribution in [1.29, 1.82) is 0 Å². The number of unbranched alkanes of at least 4 members (excludes halogenated alkanes) is 2. The highest BCUT2D eigenvalue weighted by molar-refractivity contribution is 5.89. The Bertz CT molecular complexity index is 567. The second-order valence-electron chi connectivity index (χ2n) is 5.07. The number of carboxylic acids is 1. The van der Waals surface area contributed by atoms with Gasteiger partial charge in [0.15, 0.2) is 0 Å². The zero-order valence-electron chi connectivity index (χ0n) is 12.8. The molecule has 0 bridgehead atoms. The van der Waals surface area contributed by atoms with Gasteiger partial charge >= 0.3 is 12.0 Å². The van der Waals surface area contributed by atoms with Crippen LogP contribution in [0.15, 0.2) is 29.8 Å². The molecule has 2 amide bonds. The summed E-state index contributed by atoms with van der Waals surface area (Å²) >= 11 is 0. The largest absolute Gasteiger partial charge is 0.508 e. The van der Waals surface area contributed by atoms with Crippen molar-refractivity contribution >= 4 is 17.7 Å². The maximum absolute atomic E-state index is 11.6. The lowest BCUT2D eigenvalue weighted by atomic mass is 10.2. The van der Waals surface area contributed by atoms with Crippen LogP contribution < -0.4 is 10.6 Å². The molecule has 0 radical (unpaired) electrons. The van der Waals surface area contributed by atoms with Crippen molar-refractivity contribution in [2.45, 2.75) is 33.1 Å². The normalized spacial score (nSPS) is 11.1. The topological polar surface area (TPSA) is 98.7 Å². The van der Waals surface area contributed by atoms with E-state index in [1.54, 1.807) is 32.1 Å². The lowest BCUT2D eigenvalue weighted by Gasteiger charge is -2.08. The summed E-state index contributed by atoms with van der Waals surface area (Å²) in [6.45, 7) is 3.84. The van der Waals surface area contributed by atoms with Gasteiger partial charge in [0.05, 0.1) is 0 Å². The SMILES string of the molecule is C/C(=C\CCCCNC(=O)Nc1ccc(C)c(O)c1)C(=O)O. The number of anilines is 1. The van der Waals surface area contributed by atoms with Gasteiger partial charge in [-0.3, -0.25) is 0 Å². The minimum absolute atomic E-state index is 0.137. The third kappa shape index (κ3) is 6.30. The first-order valence-corrected chi connectivity index (χ1v) is 7.14. The number of aromatic hydroxyl groups is 1. The molecule has 0 unspecified atom stereocenters. The molecule has 0 atom stereocenters. The standard InChI is InChI=1S/C16H22N2O4/c1-11-7-8-13(10-14(11)19)18-16(22)17-9-5-3-4-6-12(2)15(20)21/h6-8,10,19H,3-5,9H2,1-2H3,(H,20,21)(H2,17,18,22)/b12-6+. The van der Waals surface area contributed by atoms with Crippen LogP contribution in [0.4, 0.5) is 10.5 Å². The second kappa shape index (κ2) is 8.71. The number of hydrogen-bond acceptors (Lipinski definition) is 3. The average molecular weight is 306 g/mol. The van der Waals surface area contributed by atoms with Gasteiger partial charge in [-0.15, -0.1) is 0 Å². The van der Waals surface area contributed by atoms with Crippen LogP contribution >= 0.6 is 0 Å². The summed E-state index contributed by atoms with van der Waals surface area (Å²) in [5.41, 5.74) is 1.61. The first kappa shape index (κ1) is 17.6. The zero-order chi connectivity index (χ0) is 16.5. The maximum Gasteiger partial charge on any atom is 0.330 e. The minimum atomic E-state index is -0.904. The van der Waals surface area contributed by atoms with Crippen LogP contribution in [-0.2, 0) is 4.79 Å². The lowest BCUT2D eigenvalue weighted by molar-refractivity contribution is -0.132. The van der Waals surface area contributed by atoms with E-state index in [9.17, 15) is 14.7 Å². The monoisotopic (exact) mass is 306 g/mol. The fourth-order valence-electron chi connectivity index (χ4n) is 1.74. The summed E-state index contributed by atoms with van der Waals surface area (Å²) in [7, 11) is 0. The van der Waals surface area contributed by atoms with E-state index in [0.717, 1.165) is 18.4 Å². The lowest BCUT2D eigenvalue weighted by Crippen LogP contribution is -2.29. The van der Waals surface area contributed by atoms with E-state index in [1.807, 2.05) is 0 Å². The van der Waals surface area contributed by atoms with E-state index in [4.69, 9.17) is 5.11 Å². The fraction of sp³-hybridized carbons (Fsp3) is 0.375. The fourth-order valence-corrected chi connectivity index (χ4v) is 1.74.